The van der Waals surface area contributed by atoms with E-state index in [0.29, 0.717) is 6.61 Å². The first kappa shape index (κ1) is 23.2. The SMILES string of the molecule is COC(=O)/C(N)=C/N(N)C(C(C)C1COC(C)(S)O1)C1OC(C)(C)OC1OC. The number of hydrogen-bond acceptors (Lipinski definition) is 11. The van der Waals surface area contributed by atoms with Crippen molar-refractivity contribution in [3.05, 3.63) is 11.9 Å². The zero-order chi connectivity index (χ0) is 21.3. The van der Waals surface area contributed by atoms with Crippen molar-refractivity contribution in [2.75, 3.05) is 20.8 Å². The largest absolute Gasteiger partial charge is 0.464 e. The molecule has 6 atom stereocenters. The molecular formula is C17H31N3O7S. The molecule has 2 aliphatic heterocycles. The van der Waals surface area contributed by atoms with Gasteiger partial charge in [0.05, 0.1) is 25.9 Å². The molecule has 2 aliphatic rings. The first-order chi connectivity index (χ1) is 12.9. The summed E-state index contributed by atoms with van der Waals surface area (Å²) < 4.78 is 33.4. The Balaban J connectivity index is 2.33. The second-order valence-electron chi connectivity index (χ2n) is 7.44. The van der Waals surface area contributed by atoms with Gasteiger partial charge < -0.3 is 39.2 Å². The molecule has 10 nitrogen and oxygen atoms in total. The van der Waals surface area contributed by atoms with Gasteiger partial charge in [-0.25, -0.2) is 10.6 Å². The number of methoxy groups -OCH3 is 2. The molecule has 162 valence electrons. The molecule has 0 aliphatic carbocycles. The highest BCUT2D eigenvalue weighted by Gasteiger charge is 2.51. The molecule has 28 heavy (non-hydrogen) atoms. The van der Waals surface area contributed by atoms with Crippen LogP contribution in [-0.2, 0) is 33.2 Å². The number of thiol groups is 1. The van der Waals surface area contributed by atoms with Gasteiger partial charge in [0.25, 0.3) is 0 Å². The van der Waals surface area contributed by atoms with Crippen LogP contribution in [0.2, 0.25) is 0 Å². The van der Waals surface area contributed by atoms with E-state index in [-0.39, 0.29) is 17.7 Å². The van der Waals surface area contributed by atoms with Crippen molar-refractivity contribution in [1.82, 2.24) is 5.01 Å². The Kier molecular flexibility index (Phi) is 7.24. The Bertz CT molecular complexity index is 601. The van der Waals surface area contributed by atoms with E-state index in [1.165, 1.54) is 25.4 Å². The number of nitrogens with zero attached hydrogens (tertiary/aromatic N) is 1. The third-order valence-electron chi connectivity index (χ3n) is 4.72. The van der Waals surface area contributed by atoms with Gasteiger partial charge in [0.15, 0.2) is 12.1 Å². The third kappa shape index (κ3) is 5.29. The third-order valence-corrected chi connectivity index (χ3v) is 4.96. The summed E-state index contributed by atoms with van der Waals surface area (Å²) in [5, 5.41) is 0.298. The molecule has 4 N–H and O–H groups in total. The van der Waals surface area contributed by atoms with Crippen LogP contribution in [0, 0.1) is 5.92 Å². The molecule has 0 spiro atoms. The van der Waals surface area contributed by atoms with E-state index in [4.69, 9.17) is 35.3 Å². The van der Waals surface area contributed by atoms with Crippen LogP contribution in [0.4, 0.5) is 0 Å². The van der Waals surface area contributed by atoms with E-state index < -0.39 is 35.3 Å². The fourth-order valence-electron chi connectivity index (χ4n) is 3.39. The molecule has 11 heteroatoms. The van der Waals surface area contributed by atoms with Crippen LogP contribution in [0.25, 0.3) is 0 Å². The molecule has 0 aromatic heterocycles. The van der Waals surface area contributed by atoms with Crippen molar-refractivity contribution in [2.24, 2.45) is 17.5 Å². The van der Waals surface area contributed by atoms with Crippen LogP contribution in [0.15, 0.2) is 11.9 Å². The Morgan fingerprint density at radius 2 is 1.93 bits per heavy atom. The summed E-state index contributed by atoms with van der Waals surface area (Å²) in [6.07, 6.45) is -0.330. The highest BCUT2D eigenvalue weighted by Crippen LogP contribution is 2.38. The molecule has 0 bridgehead atoms. The summed E-state index contributed by atoms with van der Waals surface area (Å²) in [6, 6.07) is -0.536. The molecule has 6 unspecified atom stereocenters. The van der Waals surface area contributed by atoms with Gasteiger partial charge in [0, 0.05) is 19.2 Å². The number of carbonyl (C=O) groups is 1. The summed E-state index contributed by atoms with van der Waals surface area (Å²) in [5.74, 6) is 4.48. The van der Waals surface area contributed by atoms with Gasteiger partial charge in [-0.15, -0.1) is 12.6 Å². The fourth-order valence-corrected chi connectivity index (χ4v) is 3.60. The first-order valence-corrected chi connectivity index (χ1v) is 9.36. The normalized spacial score (nSPS) is 34.9. The summed E-state index contributed by atoms with van der Waals surface area (Å²) in [5.41, 5.74) is 5.62. The highest BCUT2D eigenvalue weighted by atomic mass is 32.1. The maximum Gasteiger partial charge on any atom is 0.355 e. The Morgan fingerprint density at radius 3 is 2.43 bits per heavy atom. The zero-order valence-electron chi connectivity index (χ0n) is 17.1. The van der Waals surface area contributed by atoms with Crippen LogP contribution < -0.4 is 11.6 Å². The summed E-state index contributed by atoms with van der Waals surface area (Å²) in [7, 11) is 2.75. The quantitative estimate of drug-likeness (QED) is 0.173. The predicted octanol–water partition coefficient (Wildman–Crippen LogP) is 0.283. The van der Waals surface area contributed by atoms with Crippen LogP contribution in [0.3, 0.4) is 0 Å². The van der Waals surface area contributed by atoms with E-state index in [2.05, 4.69) is 17.4 Å². The molecule has 0 aromatic carbocycles. The van der Waals surface area contributed by atoms with Crippen molar-refractivity contribution < 1.29 is 33.2 Å². The topological polar surface area (TPSA) is 128 Å². The number of hydrazine groups is 1. The Morgan fingerprint density at radius 1 is 1.29 bits per heavy atom. The maximum atomic E-state index is 11.7. The van der Waals surface area contributed by atoms with Gasteiger partial charge >= 0.3 is 5.97 Å². The Hall–Kier alpha value is -1.08. The lowest BCUT2D eigenvalue weighted by molar-refractivity contribution is -0.182. The monoisotopic (exact) mass is 421 g/mol. The minimum absolute atomic E-state index is 0.156. The molecule has 0 saturated carbocycles. The average molecular weight is 422 g/mol. The van der Waals surface area contributed by atoms with Crippen LogP contribution in [0.5, 0.6) is 0 Å². The number of ether oxygens (including phenoxy) is 6. The highest BCUT2D eigenvalue weighted by molar-refractivity contribution is 7.81. The molecule has 2 fully saturated rings. The minimum Gasteiger partial charge on any atom is -0.464 e. The van der Waals surface area contributed by atoms with Crippen molar-refractivity contribution in [1.29, 1.82) is 0 Å². The van der Waals surface area contributed by atoms with E-state index in [1.807, 2.05) is 6.92 Å². The predicted molar refractivity (Wildman–Crippen MR) is 102 cm³/mol. The second-order valence-corrected chi connectivity index (χ2v) is 8.25. The van der Waals surface area contributed by atoms with Gasteiger partial charge in [-0.2, -0.15) is 0 Å². The molecule has 2 rings (SSSR count). The van der Waals surface area contributed by atoms with Crippen LogP contribution in [0.1, 0.15) is 27.7 Å². The number of hydrogen-bond donors (Lipinski definition) is 3. The van der Waals surface area contributed by atoms with Crippen molar-refractivity contribution in [3.63, 3.8) is 0 Å². The van der Waals surface area contributed by atoms with E-state index in [0.717, 1.165) is 0 Å². The molecular weight excluding hydrogens is 390 g/mol. The minimum atomic E-state index is -1.00. The average Bonchev–Trinajstić information content (AvgIpc) is 3.12. The van der Waals surface area contributed by atoms with Gasteiger partial charge in [0.2, 0.25) is 5.12 Å². The lowest BCUT2D eigenvalue weighted by atomic mass is 9.90. The number of carbonyl (C=O) groups excluding carboxylic acids is 1. The van der Waals surface area contributed by atoms with E-state index >= 15 is 0 Å². The maximum absolute atomic E-state index is 11.7. The standard InChI is InChI=1S/C17H31N3O7S/c1-9(11-8-24-17(4,28)25-11)12(20(19)7-10(18)14(21)22-5)13-15(23-6)27-16(2,3)26-13/h7,9,11-13,15,28H,8,18-19H2,1-6H3/b10-7-. The van der Waals surface area contributed by atoms with Crippen LogP contribution in [-0.4, -0.2) is 67.3 Å². The fraction of sp³-hybridized carbons (Fsp3) is 0.824. The van der Waals surface area contributed by atoms with Crippen molar-refractivity contribution in [3.8, 4) is 0 Å². The summed E-state index contributed by atoms with van der Waals surface area (Å²) >= 11 is 4.33. The van der Waals surface area contributed by atoms with Gasteiger partial charge in [-0.1, -0.05) is 6.92 Å². The number of nitrogens with two attached hydrogens (primary N) is 2. The molecule has 0 aromatic rings. The smallest absolute Gasteiger partial charge is 0.355 e. The number of esters is 1. The Labute approximate surface area is 170 Å². The first-order valence-electron chi connectivity index (χ1n) is 8.92. The lowest BCUT2D eigenvalue weighted by Gasteiger charge is -2.38. The van der Waals surface area contributed by atoms with Gasteiger partial charge in [-0.3, -0.25) is 0 Å². The van der Waals surface area contributed by atoms with E-state index in [9.17, 15) is 4.79 Å². The van der Waals surface area contributed by atoms with E-state index in [1.54, 1.807) is 20.8 Å². The van der Waals surface area contributed by atoms with Crippen molar-refractivity contribution in [2.45, 2.75) is 63.1 Å². The van der Waals surface area contributed by atoms with Gasteiger partial charge in [-0.05, 0) is 20.8 Å². The summed E-state index contributed by atoms with van der Waals surface area (Å²) in [4.78, 5) is 11.7. The molecule has 0 amide bonds. The second kappa shape index (κ2) is 8.74. The summed E-state index contributed by atoms with van der Waals surface area (Å²) in [6.45, 7) is 7.51. The van der Waals surface area contributed by atoms with Gasteiger partial charge in [0.1, 0.15) is 11.8 Å². The molecule has 0 radical (unpaired) electrons. The van der Waals surface area contributed by atoms with Crippen LogP contribution >= 0.6 is 12.6 Å². The van der Waals surface area contributed by atoms with Crippen molar-refractivity contribution >= 4 is 18.6 Å². The molecule has 2 heterocycles. The lowest BCUT2D eigenvalue weighted by Crippen LogP contribution is -2.55. The molecule has 2 saturated heterocycles. The zero-order valence-corrected chi connectivity index (χ0v) is 18.0. The number of rotatable bonds is 7.